The number of ether oxygens (including phenoxy) is 1. The highest BCUT2D eigenvalue weighted by Gasteiger charge is 2.26. The maximum absolute atomic E-state index is 11.6. The van der Waals surface area contributed by atoms with Gasteiger partial charge in [-0.1, -0.05) is 0 Å². The lowest BCUT2D eigenvalue weighted by molar-refractivity contribution is -0.118. The molecule has 3 aliphatic rings. The highest BCUT2D eigenvalue weighted by molar-refractivity contribution is 5.96. The molecule has 1 amide bonds. The van der Waals surface area contributed by atoms with Crippen LogP contribution in [0.15, 0.2) is 42.7 Å². The summed E-state index contributed by atoms with van der Waals surface area (Å²) in [6.45, 7) is 7.48. The first kappa shape index (κ1) is 22.5. The number of anilines is 6. The molecule has 6 rings (SSSR count). The van der Waals surface area contributed by atoms with Gasteiger partial charge >= 0.3 is 0 Å². The van der Waals surface area contributed by atoms with Gasteiger partial charge in [0, 0.05) is 50.2 Å². The molecule has 3 aromatic rings. The van der Waals surface area contributed by atoms with Crippen LogP contribution in [-0.2, 0) is 4.79 Å². The van der Waals surface area contributed by atoms with Crippen molar-refractivity contribution in [2.45, 2.75) is 19.8 Å². The van der Waals surface area contributed by atoms with Gasteiger partial charge in [0.25, 0.3) is 5.91 Å². The summed E-state index contributed by atoms with van der Waals surface area (Å²) >= 11 is 0. The highest BCUT2D eigenvalue weighted by Crippen LogP contribution is 2.32. The molecule has 1 aliphatic carbocycles. The van der Waals surface area contributed by atoms with Gasteiger partial charge in [-0.05, 0) is 56.0 Å². The molecule has 0 radical (unpaired) electrons. The molecule has 2 fully saturated rings. The van der Waals surface area contributed by atoms with Crippen LogP contribution in [0.25, 0.3) is 0 Å². The van der Waals surface area contributed by atoms with E-state index in [1.54, 1.807) is 6.20 Å². The fraction of sp³-hybridized carbons (Fsp3) is 0.385. The number of nitrogens with one attached hydrogen (secondary N) is 3. The predicted molar refractivity (Wildman–Crippen MR) is 140 cm³/mol. The van der Waals surface area contributed by atoms with Crippen LogP contribution in [0.3, 0.4) is 0 Å². The van der Waals surface area contributed by atoms with Crippen molar-refractivity contribution in [1.29, 1.82) is 0 Å². The number of aromatic nitrogens is 3. The molecule has 36 heavy (non-hydrogen) atoms. The highest BCUT2D eigenvalue weighted by atomic mass is 16.5. The zero-order chi connectivity index (χ0) is 24.5. The molecule has 4 heterocycles. The fourth-order valence-electron chi connectivity index (χ4n) is 4.53. The number of benzene rings is 1. The zero-order valence-corrected chi connectivity index (χ0v) is 20.3. The van der Waals surface area contributed by atoms with Gasteiger partial charge in [-0.3, -0.25) is 9.69 Å². The predicted octanol–water partition coefficient (Wildman–Crippen LogP) is 3.53. The van der Waals surface area contributed by atoms with E-state index < -0.39 is 0 Å². The topological polar surface area (TPSA) is 108 Å². The van der Waals surface area contributed by atoms with Crippen molar-refractivity contribution in [2.24, 2.45) is 5.92 Å². The Balaban J connectivity index is 1.09. The number of hydrogen-bond donors (Lipinski definition) is 3. The third-order valence-corrected chi connectivity index (χ3v) is 6.76. The Morgan fingerprint density at radius 2 is 1.86 bits per heavy atom. The maximum atomic E-state index is 11.6. The summed E-state index contributed by atoms with van der Waals surface area (Å²) in [6, 6.07) is 9.61. The van der Waals surface area contributed by atoms with Crippen LogP contribution in [0.5, 0.6) is 5.75 Å². The molecule has 3 N–H and O–H groups in total. The third kappa shape index (κ3) is 5.18. The van der Waals surface area contributed by atoms with Crippen LogP contribution >= 0.6 is 0 Å². The molecule has 0 spiro atoms. The average molecular weight is 487 g/mol. The van der Waals surface area contributed by atoms with E-state index in [4.69, 9.17) is 4.74 Å². The van der Waals surface area contributed by atoms with E-state index in [2.05, 4.69) is 46.8 Å². The summed E-state index contributed by atoms with van der Waals surface area (Å²) in [7, 11) is 0. The van der Waals surface area contributed by atoms with Crippen molar-refractivity contribution in [1.82, 2.24) is 19.9 Å². The number of pyridine rings is 1. The lowest BCUT2D eigenvalue weighted by Gasteiger charge is -2.35. The van der Waals surface area contributed by atoms with Crippen LogP contribution < -0.4 is 25.6 Å². The van der Waals surface area contributed by atoms with E-state index in [1.165, 1.54) is 19.4 Å². The Labute approximate surface area is 210 Å². The van der Waals surface area contributed by atoms with Crippen LogP contribution in [-0.4, -0.2) is 65.1 Å². The first-order valence-corrected chi connectivity index (χ1v) is 12.5. The Hall–Kier alpha value is -3.92. The van der Waals surface area contributed by atoms with E-state index >= 15 is 0 Å². The molecule has 1 aromatic carbocycles. The molecule has 2 aliphatic heterocycles. The maximum Gasteiger partial charge on any atom is 0.262 e. The molecule has 10 heteroatoms. The number of carbonyl (C=O) groups excluding carboxylic acids is 1. The number of piperazine rings is 1. The summed E-state index contributed by atoms with van der Waals surface area (Å²) in [5.74, 6) is 3.57. The quantitative estimate of drug-likeness (QED) is 0.462. The monoisotopic (exact) mass is 486 g/mol. The zero-order valence-electron chi connectivity index (χ0n) is 20.3. The van der Waals surface area contributed by atoms with Gasteiger partial charge in [-0.15, -0.1) is 0 Å². The summed E-state index contributed by atoms with van der Waals surface area (Å²) < 4.78 is 5.43. The Morgan fingerprint density at radius 3 is 2.64 bits per heavy atom. The van der Waals surface area contributed by atoms with E-state index in [0.717, 1.165) is 54.9 Å². The van der Waals surface area contributed by atoms with E-state index in [1.807, 2.05) is 37.4 Å². The summed E-state index contributed by atoms with van der Waals surface area (Å²) in [4.78, 5) is 30.3. The van der Waals surface area contributed by atoms with E-state index in [9.17, 15) is 4.79 Å². The number of rotatable bonds is 7. The van der Waals surface area contributed by atoms with Crippen LogP contribution in [0, 0.1) is 12.8 Å². The molecular weight excluding hydrogens is 456 g/mol. The second kappa shape index (κ2) is 9.62. The molecule has 1 saturated carbocycles. The second-order valence-corrected chi connectivity index (χ2v) is 9.66. The molecule has 10 nitrogen and oxygen atoms in total. The average Bonchev–Trinajstić information content (AvgIpc) is 3.71. The van der Waals surface area contributed by atoms with Crippen molar-refractivity contribution in [3.63, 3.8) is 0 Å². The second-order valence-electron chi connectivity index (χ2n) is 9.66. The summed E-state index contributed by atoms with van der Waals surface area (Å²) in [5.41, 5.74) is 3.15. The van der Waals surface area contributed by atoms with Crippen LogP contribution in [0.2, 0.25) is 0 Å². The fourth-order valence-corrected chi connectivity index (χ4v) is 4.53. The molecule has 1 saturated heterocycles. The molecule has 0 atom stereocenters. The first-order valence-electron chi connectivity index (χ1n) is 12.5. The minimum atomic E-state index is -0.167. The van der Waals surface area contributed by atoms with Crippen molar-refractivity contribution in [3.8, 4) is 5.75 Å². The number of fused-ring (bicyclic) bond motifs is 1. The van der Waals surface area contributed by atoms with Gasteiger partial charge in [0.1, 0.15) is 17.4 Å². The number of aryl methyl sites for hydroxylation is 1. The van der Waals surface area contributed by atoms with Gasteiger partial charge < -0.3 is 25.6 Å². The van der Waals surface area contributed by atoms with Gasteiger partial charge in [-0.25, -0.2) is 9.97 Å². The SMILES string of the molecule is Cc1cnc(Nc2ccc(N3CCN(CC4CC4)CC3)nc2)nc1Nc1ccc2c(c1)NC(=O)CO2. The van der Waals surface area contributed by atoms with Crippen molar-refractivity contribution in [3.05, 3.63) is 48.3 Å². The van der Waals surface area contributed by atoms with Crippen LogP contribution in [0.1, 0.15) is 18.4 Å². The molecule has 0 unspecified atom stereocenters. The number of amides is 1. The molecule has 0 bridgehead atoms. The Morgan fingerprint density at radius 1 is 1.03 bits per heavy atom. The lowest BCUT2D eigenvalue weighted by atomic mass is 10.2. The summed E-state index contributed by atoms with van der Waals surface area (Å²) in [5, 5.41) is 9.38. The van der Waals surface area contributed by atoms with Crippen LogP contribution in [0.4, 0.5) is 34.6 Å². The molecular formula is C26H30N8O2. The lowest BCUT2D eigenvalue weighted by Crippen LogP contribution is -2.47. The van der Waals surface area contributed by atoms with Crippen molar-refractivity contribution < 1.29 is 9.53 Å². The standard InChI is InChI=1S/C26H30N8O2/c1-17-13-28-26(32-25(17)29-19-4-6-22-21(12-19)31-24(35)16-36-22)30-20-5-7-23(27-14-20)34-10-8-33(9-11-34)15-18-2-3-18/h4-7,12-14,18H,2-3,8-11,15-16H2,1H3,(H,31,35)(H2,28,29,30,32). The minimum absolute atomic E-state index is 0.0344. The first-order chi connectivity index (χ1) is 17.6. The van der Waals surface area contributed by atoms with Gasteiger partial charge in [0.05, 0.1) is 17.6 Å². The third-order valence-electron chi connectivity index (χ3n) is 6.76. The van der Waals surface area contributed by atoms with Crippen molar-refractivity contribution >= 4 is 40.6 Å². The number of carbonyl (C=O) groups is 1. The Bertz CT molecular complexity index is 1250. The Kier molecular flexibility index (Phi) is 6.02. The normalized spacial score (nSPS) is 17.7. The summed E-state index contributed by atoms with van der Waals surface area (Å²) in [6.07, 6.45) is 6.40. The van der Waals surface area contributed by atoms with Gasteiger partial charge in [-0.2, -0.15) is 4.98 Å². The van der Waals surface area contributed by atoms with E-state index in [0.29, 0.717) is 23.2 Å². The van der Waals surface area contributed by atoms with Gasteiger partial charge in [0.2, 0.25) is 5.95 Å². The number of nitrogens with zero attached hydrogens (tertiary/aromatic N) is 5. The molecule has 186 valence electrons. The molecule has 2 aromatic heterocycles. The van der Waals surface area contributed by atoms with E-state index in [-0.39, 0.29) is 12.5 Å². The number of hydrogen-bond acceptors (Lipinski definition) is 9. The van der Waals surface area contributed by atoms with Crippen molar-refractivity contribution in [2.75, 3.05) is 60.2 Å². The smallest absolute Gasteiger partial charge is 0.262 e. The minimum Gasteiger partial charge on any atom is -0.482 e. The van der Waals surface area contributed by atoms with Gasteiger partial charge in [0.15, 0.2) is 6.61 Å². The largest absolute Gasteiger partial charge is 0.482 e.